The number of aromatic nitrogens is 1. The van der Waals surface area contributed by atoms with Gasteiger partial charge in [0.2, 0.25) is 0 Å². The summed E-state index contributed by atoms with van der Waals surface area (Å²) >= 11 is 6.53. The minimum Gasteiger partial charge on any atom is -0.507 e. The fourth-order valence-electron chi connectivity index (χ4n) is 2.11. The maximum absolute atomic E-state index is 12.1. The third-order valence-corrected chi connectivity index (χ3v) is 4.21. The number of nitrogens with zero attached hydrogens (tertiary/aromatic N) is 1. The van der Waals surface area contributed by atoms with Crippen molar-refractivity contribution in [2.45, 2.75) is 0 Å². The summed E-state index contributed by atoms with van der Waals surface area (Å²) in [5.41, 5.74) is 8.39. The van der Waals surface area contributed by atoms with Crippen LogP contribution in [0.15, 0.2) is 39.4 Å². The molecule has 0 unspecified atom stereocenters. The van der Waals surface area contributed by atoms with Gasteiger partial charge in [0, 0.05) is 28.0 Å². The number of hydrogen-bond donors (Lipinski definition) is 3. The molecule has 3 rings (SSSR count). The van der Waals surface area contributed by atoms with Crippen LogP contribution < -0.4 is 11.1 Å². The number of carbonyl (C=O) groups excluding carboxylic acids is 1. The first kappa shape index (κ1) is 14.1. The van der Waals surface area contributed by atoms with Crippen molar-refractivity contribution in [1.29, 1.82) is 0 Å². The Kier molecular flexibility index (Phi) is 3.46. The molecule has 1 aliphatic rings. The summed E-state index contributed by atoms with van der Waals surface area (Å²) in [6.07, 6.45) is 1.44. The fourth-order valence-corrected chi connectivity index (χ4v) is 2.69. The maximum atomic E-state index is 12.1. The zero-order valence-corrected chi connectivity index (χ0v) is 13.7. The average Bonchev–Trinajstić information content (AvgIpc) is 2.76. The lowest BCUT2D eigenvalue weighted by Crippen LogP contribution is -2.10. The van der Waals surface area contributed by atoms with Gasteiger partial charge in [-0.05, 0) is 34.1 Å². The lowest BCUT2D eigenvalue weighted by atomic mass is 10.0. The van der Waals surface area contributed by atoms with Gasteiger partial charge in [0.05, 0.1) is 21.4 Å². The Bertz CT molecular complexity index is 803. The van der Waals surface area contributed by atoms with Crippen LogP contribution in [0.25, 0.3) is 11.3 Å². The normalized spacial score (nSPS) is 15.6. The van der Waals surface area contributed by atoms with E-state index in [4.69, 9.17) is 5.73 Å². The summed E-state index contributed by atoms with van der Waals surface area (Å²) in [6.45, 7) is 0. The molecule has 0 fully saturated rings. The van der Waals surface area contributed by atoms with Crippen molar-refractivity contribution in [2.24, 2.45) is 5.73 Å². The molecule has 0 radical (unpaired) electrons. The van der Waals surface area contributed by atoms with Crippen LogP contribution in [-0.2, 0) is 4.79 Å². The second-order valence-electron chi connectivity index (χ2n) is 4.45. The number of nitrogens with one attached hydrogen (secondary N) is 1. The molecular weight excluding hydrogens is 402 g/mol. The number of benzene rings is 1. The third-order valence-electron chi connectivity index (χ3n) is 3.11. The first-order valence-corrected chi connectivity index (χ1v) is 7.52. The summed E-state index contributed by atoms with van der Waals surface area (Å²) in [4.78, 5) is 16.3. The lowest BCUT2D eigenvalue weighted by Gasteiger charge is -2.06. The number of hydrogen-bond acceptors (Lipinski definition) is 4. The highest BCUT2D eigenvalue weighted by Gasteiger charge is 2.27. The first-order valence-electron chi connectivity index (χ1n) is 5.93. The smallest absolute Gasteiger partial charge is 0.258 e. The summed E-state index contributed by atoms with van der Waals surface area (Å²) in [5, 5.41) is 12.5. The predicted octanol–water partition coefficient (Wildman–Crippen LogP) is 3.09. The number of pyridine rings is 1. The molecule has 0 saturated heterocycles. The first-order chi connectivity index (χ1) is 9.97. The molecule has 1 aromatic heterocycles. The van der Waals surface area contributed by atoms with E-state index in [0.29, 0.717) is 27.0 Å². The Labute approximate surface area is 137 Å². The number of anilines is 1. The van der Waals surface area contributed by atoms with Crippen LogP contribution in [0.4, 0.5) is 5.69 Å². The second-order valence-corrected chi connectivity index (χ2v) is 6.22. The Hall–Kier alpha value is -1.86. The van der Waals surface area contributed by atoms with Crippen LogP contribution in [0.1, 0.15) is 11.3 Å². The molecule has 2 aromatic rings. The van der Waals surface area contributed by atoms with Gasteiger partial charge in [-0.1, -0.05) is 15.9 Å². The maximum Gasteiger partial charge on any atom is 0.258 e. The van der Waals surface area contributed by atoms with E-state index in [1.165, 1.54) is 12.3 Å². The minimum absolute atomic E-state index is 0.0106. The predicted molar refractivity (Wildman–Crippen MR) is 87.4 cm³/mol. The molecule has 4 N–H and O–H groups in total. The Balaban J connectivity index is 2.20. The largest absolute Gasteiger partial charge is 0.507 e. The highest BCUT2D eigenvalue weighted by atomic mass is 79.9. The Morgan fingerprint density at radius 1 is 1.29 bits per heavy atom. The SMILES string of the molecule is N/C(=C1\C(=O)Nc2ccc(Br)cc21)c1cc(O)c(Br)cn1. The van der Waals surface area contributed by atoms with E-state index >= 15 is 0 Å². The van der Waals surface area contributed by atoms with Gasteiger partial charge >= 0.3 is 0 Å². The minimum atomic E-state index is -0.287. The Morgan fingerprint density at radius 2 is 2.05 bits per heavy atom. The molecule has 0 saturated carbocycles. The van der Waals surface area contributed by atoms with Crippen molar-refractivity contribution in [3.05, 3.63) is 50.7 Å². The summed E-state index contributed by atoms with van der Waals surface area (Å²) in [6, 6.07) is 6.86. The van der Waals surface area contributed by atoms with Gasteiger partial charge in [-0.25, -0.2) is 0 Å². The zero-order valence-electron chi connectivity index (χ0n) is 10.5. The van der Waals surface area contributed by atoms with Gasteiger partial charge in [0.15, 0.2) is 0 Å². The van der Waals surface area contributed by atoms with Crippen LogP contribution in [-0.4, -0.2) is 16.0 Å². The summed E-state index contributed by atoms with van der Waals surface area (Å²) < 4.78 is 1.30. The number of rotatable bonds is 1. The molecule has 1 aromatic carbocycles. The third kappa shape index (κ3) is 2.43. The number of fused-ring (bicyclic) bond motifs is 1. The van der Waals surface area contributed by atoms with Gasteiger partial charge in [0.1, 0.15) is 5.75 Å². The number of carbonyl (C=O) groups is 1. The van der Waals surface area contributed by atoms with Gasteiger partial charge in [-0.2, -0.15) is 0 Å². The molecule has 0 atom stereocenters. The molecule has 7 heteroatoms. The molecule has 2 heterocycles. The summed E-state index contributed by atoms with van der Waals surface area (Å²) in [7, 11) is 0. The standard InChI is InChI=1S/C14H9Br2N3O2/c15-6-1-2-9-7(3-6)12(14(21)19-9)13(17)10-4-11(20)8(16)5-18-10/h1-5H,17H2,(H,18,20)(H,19,21)/b13-12-. The topological polar surface area (TPSA) is 88.2 Å². The van der Waals surface area contributed by atoms with Crippen molar-refractivity contribution in [3.8, 4) is 5.75 Å². The van der Waals surface area contributed by atoms with Crippen LogP contribution in [0.5, 0.6) is 5.75 Å². The number of aromatic hydroxyl groups is 1. The van der Waals surface area contributed by atoms with E-state index in [1.54, 1.807) is 6.07 Å². The van der Waals surface area contributed by atoms with E-state index in [2.05, 4.69) is 42.2 Å². The van der Waals surface area contributed by atoms with Crippen molar-refractivity contribution in [3.63, 3.8) is 0 Å². The number of amides is 1. The van der Waals surface area contributed by atoms with Gasteiger partial charge in [-0.15, -0.1) is 0 Å². The van der Waals surface area contributed by atoms with Gasteiger partial charge in [-0.3, -0.25) is 9.78 Å². The highest BCUT2D eigenvalue weighted by Crippen LogP contribution is 2.37. The lowest BCUT2D eigenvalue weighted by molar-refractivity contribution is -0.110. The molecule has 1 amide bonds. The van der Waals surface area contributed by atoms with Crippen LogP contribution in [0, 0.1) is 0 Å². The number of halogens is 2. The van der Waals surface area contributed by atoms with Crippen molar-refractivity contribution in [2.75, 3.05) is 5.32 Å². The molecule has 0 spiro atoms. The number of nitrogens with two attached hydrogens (primary N) is 1. The molecule has 21 heavy (non-hydrogen) atoms. The van der Waals surface area contributed by atoms with Crippen LogP contribution in [0.2, 0.25) is 0 Å². The van der Waals surface area contributed by atoms with E-state index in [9.17, 15) is 9.90 Å². The van der Waals surface area contributed by atoms with Crippen LogP contribution >= 0.6 is 31.9 Å². The molecule has 0 aliphatic carbocycles. The van der Waals surface area contributed by atoms with Gasteiger partial charge in [0.25, 0.3) is 5.91 Å². The van der Waals surface area contributed by atoms with E-state index < -0.39 is 0 Å². The zero-order chi connectivity index (χ0) is 15.1. The summed E-state index contributed by atoms with van der Waals surface area (Å²) in [5.74, 6) is -0.277. The molecular formula is C14H9Br2N3O2. The van der Waals surface area contributed by atoms with E-state index in [0.717, 1.165) is 4.47 Å². The molecule has 0 bridgehead atoms. The fraction of sp³-hybridized carbons (Fsp3) is 0. The van der Waals surface area contributed by atoms with Gasteiger partial charge < -0.3 is 16.2 Å². The quantitative estimate of drug-likeness (QED) is 0.630. The van der Waals surface area contributed by atoms with Crippen molar-refractivity contribution in [1.82, 2.24) is 4.98 Å². The monoisotopic (exact) mass is 409 g/mol. The molecule has 106 valence electrons. The van der Waals surface area contributed by atoms with E-state index in [1.807, 2.05) is 12.1 Å². The molecule has 5 nitrogen and oxygen atoms in total. The average molecular weight is 411 g/mol. The van der Waals surface area contributed by atoms with Crippen molar-refractivity contribution >= 4 is 54.7 Å². The van der Waals surface area contributed by atoms with Crippen molar-refractivity contribution < 1.29 is 9.90 Å². The van der Waals surface area contributed by atoms with E-state index in [-0.39, 0.29) is 17.4 Å². The highest BCUT2D eigenvalue weighted by molar-refractivity contribution is 9.10. The second kappa shape index (κ2) is 5.16. The Morgan fingerprint density at radius 3 is 2.76 bits per heavy atom. The van der Waals surface area contributed by atoms with Crippen LogP contribution in [0.3, 0.4) is 0 Å². The molecule has 1 aliphatic heterocycles.